The highest BCUT2D eigenvalue weighted by atomic mass is 79.9. The number of aryl methyl sites for hydroxylation is 1. The minimum absolute atomic E-state index is 0.0697. The molecule has 2 aromatic carbocycles. The number of nitrogens with one attached hydrogen (secondary N) is 1. The van der Waals surface area contributed by atoms with Gasteiger partial charge in [0, 0.05) is 5.56 Å². The molecular formula is C18H19Br2NO3. The molecule has 128 valence electrons. The first-order valence-corrected chi connectivity index (χ1v) is 9.01. The highest BCUT2D eigenvalue weighted by molar-refractivity contribution is 9.11. The molecule has 24 heavy (non-hydrogen) atoms. The van der Waals surface area contributed by atoms with E-state index in [1.165, 1.54) is 0 Å². The van der Waals surface area contributed by atoms with Crippen LogP contribution >= 0.6 is 31.9 Å². The second-order valence-corrected chi connectivity index (χ2v) is 7.09. The fourth-order valence-corrected chi connectivity index (χ4v) is 3.99. The van der Waals surface area contributed by atoms with Crippen LogP contribution in [0.4, 0.5) is 0 Å². The number of halogens is 2. The van der Waals surface area contributed by atoms with Crippen molar-refractivity contribution in [1.82, 2.24) is 5.32 Å². The molecule has 1 N–H and O–H groups in total. The Hall–Kier alpha value is -1.53. The molecule has 0 bridgehead atoms. The van der Waals surface area contributed by atoms with Crippen molar-refractivity contribution in [2.45, 2.75) is 19.9 Å². The minimum atomic E-state index is -0.201. The Kier molecular flexibility index (Phi) is 6.69. The van der Waals surface area contributed by atoms with Crippen molar-refractivity contribution in [2.24, 2.45) is 0 Å². The minimum Gasteiger partial charge on any atom is -0.496 e. The van der Waals surface area contributed by atoms with E-state index in [4.69, 9.17) is 9.47 Å². The van der Waals surface area contributed by atoms with Gasteiger partial charge in [0.1, 0.15) is 11.5 Å². The van der Waals surface area contributed by atoms with Gasteiger partial charge in [-0.25, -0.2) is 0 Å². The summed E-state index contributed by atoms with van der Waals surface area (Å²) >= 11 is 6.90. The Morgan fingerprint density at radius 1 is 1.21 bits per heavy atom. The summed E-state index contributed by atoms with van der Waals surface area (Å²) < 4.78 is 12.6. The molecule has 0 aliphatic heterocycles. The van der Waals surface area contributed by atoms with Crippen molar-refractivity contribution in [3.8, 4) is 11.5 Å². The first-order chi connectivity index (χ1) is 11.4. The van der Waals surface area contributed by atoms with Crippen LogP contribution in [0.15, 0.2) is 45.3 Å². The summed E-state index contributed by atoms with van der Waals surface area (Å²) in [5.74, 6) is 1.16. The topological polar surface area (TPSA) is 47.6 Å². The fraction of sp³-hybridized carbons (Fsp3) is 0.278. The molecule has 2 rings (SSSR count). The summed E-state index contributed by atoms with van der Waals surface area (Å²) in [5.41, 5.74) is 2.02. The Bertz CT molecular complexity index is 711. The number of carbonyl (C=O) groups excluding carboxylic acids is 1. The molecule has 1 atom stereocenters. The highest BCUT2D eigenvalue weighted by Crippen LogP contribution is 2.34. The maximum absolute atomic E-state index is 12.2. The van der Waals surface area contributed by atoms with Crippen LogP contribution in [0.3, 0.4) is 0 Å². The van der Waals surface area contributed by atoms with Gasteiger partial charge in [0.05, 0.1) is 22.1 Å². The number of amides is 1. The lowest BCUT2D eigenvalue weighted by atomic mass is 10.1. The van der Waals surface area contributed by atoms with Crippen molar-refractivity contribution >= 4 is 37.8 Å². The zero-order valence-corrected chi connectivity index (χ0v) is 16.9. The van der Waals surface area contributed by atoms with Crippen molar-refractivity contribution in [1.29, 1.82) is 0 Å². The summed E-state index contributed by atoms with van der Waals surface area (Å²) in [5, 5.41) is 2.92. The Labute approximate surface area is 158 Å². The molecule has 0 aliphatic rings. The summed E-state index contributed by atoms with van der Waals surface area (Å²) in [6.45, 7) is 3.83. The Morgan fingerprint density at radius 2 is 1.83 bits per heavy atom. The van der Waals surface area contributed by atoms with Crippen molar-refractivity contribution < 1.29 is 14.3 Å². The monoisotopic (exact) mass is 455 g/mol. The van der Waals surface area contributed by atoms with Gasteiger partial charge < -0.3 is 14.8 Å². The van der Waals surface area contributed by atoms with Gasteiger partial charge in [0.15, 0.2) is 6.61 Å². The molecule has 0 fully saturated rings. The van der Waals surface area contributed by atoms with Crippen LogP contribution < -0.4 is 14.8 Å². The number of rotatable bonds is 6. The maximum Gasteiger partial charge on any atom is 0.258 e. The molecule has 2 aromatic rings. The van der Waals surface area contributed by atoms with Crippen molar-refractivity contribution in [2.75, 3.05) is 13.7 Å². The third-order valence-corrected chi connectivity index (χ3v) is 4.65. The lowest BCUT2D eigenvalue weighted by Gasteiger charge is -2.18. The van der Waals surface area contributed by atoms with E-state index in [0.29, 0.717) is 5.75 Å². The van der Waals surface area contributed by atoms with Gasteiger partial charge in [-0.3, -0.25) is 4.79 Å². The van der Waals surface area contributed by atoms with Crippen LogP contribution in [0.1, 0.15) is 24.1 Å². The van der Waals surface area contributed by atoms with Crippen LogP contribution in [0, 0.1) is 6.92 Å². The SMILES string of the molecule is COc1ccccc1C(C)NC(=O)COc1c(Br)cc(C)cc1Br. The van der Waals surface area contributed by atoms with Crippen LogP contribution in [0.25, 0.3) is 0 Å². The predicted molar refractivity (Wildman–Crippen MR) is 102 cm³/mol. The van der Waals surface area contributed by atoms with Crippen LogP contribution in [0.2, 0.25) is 0 Å². The molecule has 0 aromatic heterocycles. The van der Waals surface area contributed by atoms with E-state index in [1.807, 2.05) is 50.2 Å². The predicted octanol–water partition coefficient (Wildman–Crippen LogP) is 4.78. The molecular weight excluding hydrogens is 438 g/mol. The molecule has 1 amide bonds. The molecule has 0 spiro atoms. The van der Waals surface area contributed by atoms with Gasteiger partial charge in [-0.1, -0.05) is 18.2 Å². The third kappa shape index (κ3) is 4.74. The van der Waals surface area contributed by atoms with Gasteiger partial charge in [0.2, 0.25) is 0 Å². The molecule has 0 saturated heterocycles. The van der Waals surface area contributed by atoms with Gasteiger partial charge in [-0.05, 0) is 69.5 Å². The van der Waals surface area contributed by atoms with Crippen LogP contribution in [0.5, 0.6) is 11.5 Å². The first-order valence-electron chi connectivity index (χ1n) is 7.43. The van der Waals surface area contributed by atoms with E-state index < -0.39 is 0 Å². The highest BCUT2D eigenvalue weighted by Gasteiger charge is 2.15. The number of hydrogen-bond donors (Lipinski definition) is 1. The average Bonchev–Trinajstić information content (AvgIpc) is 2.53. The summed E-state index contributed by atoms with van der Waals surface area (Å²) in [7, 11) is 1.61. The van der Waals surface area contributed by atoms with Gasteiger partial charge >= 0.3 is 0 Å². The van der Waals surface area contributed by atoms with E-state index >= 15 is 0 Å². The zero-order valence-electron chi connectivity index (χ0n) is 13.7. The third-order valence-electron chi connectivity index (χ3n) is 3.47. The number of methoxy groups -OCH3 is 1. The number of para-hydroxylation sites is 1. The fourth-order valence-electron chi connectivity index (χ4n) is 2.35. The lowest BCUT2D eigenvalue weighted by molar-refractivity contribution is -0.123. The molecule has 0 saturated carbocycles. The first kappa shape index (κ1) is 18.8. The van der Waals surface area contributed by atoms with E-state index in [-0.39, 0.29) is 18.6 Å². The quantitative estimate of drug-likeness (QED) is 0.680. The lowest BCUT2D eigenvalue weighted by Crippen LogP contribution is -2.31. The molecule has 4 nitrogen and oxygen atoms in total. The second-order valence-electron chi connectivity index (χ2n) is 5.38. The summed E-state index contributed by atoms with van der Waals surface area (Å²) in [6, 6.07) is 11.3. The molecule has 1 unspecified atom stereocenters. The van der Waals surface area contributed by atoms with Gasteiger partial charge in [-0.2, -0.15) is 0 Å². The maximum atomic E-state index is 12.2. The number of benzene rings is 2. The van der Waals surface area contributed by atoms with E-state index in [1.54, 1.807) is 7.11 Å². The van der Waals surface area contributed by atoms with Crippen LogP contribution in [-0.4, -0.2) is 19.6 Å². The van der Waals surface area contributed by atoms with E-state index in [0.717, 1.165) is 25.8 Å². The van der Waals surface area contributed by atoms with Crippen molar-refractivity contribution in [3.63, 3.8) is 0 Å². The second kappa shape index (κ2) is 8.53. The summed E-state index contributed by atoms with van der Waals surface area (Å²) in [6.07, 6.45) is 0. The number of carbonyl (C=O) groups is 1. The van der Waals surface area contributed by atoms with Gasteiger partial charge in [-0.15, -0.1) is 0 Å². The van der Waals surface area contributed by atoms with Crippen LogP contribution in [-0.2, 0) is 4.79 Å². The number of ether oxygens (including phenoxy) is 2. The zero-order chi connectivity index (χ0) is 17.7. The van der Waals surface area contributed by atoms with E-state index in [9.17, 15) is 4.79 Å². The van der Waals surface area contributed by atoms with E-state index in [2.05, 4.69) is 37.2 Å². The molecule has 6 heteroatoms. The van der Waals surface area contributed by atoms with Gasteiger partial charge in [0.25, 0.3) is 5.91 Å². The largest absolute Gasteiger partial charge is 0.496 e. The number of hydrogen-bond acceptors (Lipinski definition) is 3. The Balaban J connectivity index is 1.99. The Morgan fingerprint density at radius 3 is 2.46 bits per heavy atom. The normalized spacial score (nSPS) is 11.7. The molecule has 0 radical (unpaired) electrons. The van der Waals surface area contributed by atoms with Crippen molar-refractivity contribution in [3.05, 3.63) is 56.5 Å². The summed E-state index contributed by atoms with van der Waals surface area (Å²) in [4.78, 5) is 12.2. The smallest absolute Gasteiger partial charge is 0.258 e. The standard InChI is InChI=1S/C18H19Br2NO3/c1-11-8-14(19)18(15(20)9-11)24-10-17(22)21-12(2)13-6-4-5-7-16(13)23-3/h4-9,12H,10H2,1-3H3,(H,21,22). The molecule has 0 heterocycles. The average molecular weight is 457 g/mol. The molecule has 0 aliphatic carbocycles.